The van der Waals surface area contributed by atoms with E-state index >= 15 is 0 Å². The highest BCUT2D eigenvalue weighted by molar-refractivity contribution is 9.10. The lowest BCUT2D eigenvalue weighted by atomic mass is 10.2. The largest absolute Gasteiger partial charge is 0.349 e. The quantitative estimate of drug-likeness (QED) is 0.900. The van der Waals surface area contributed by atoms with E-state index in [9.17, 15) is 9.18 Å². The number of rotatable bonds is 5. The molecule has 2 nitrogen and oxygen atoms in total. The Morgan fingerprint density at radius 3 is 2.88 bits per heavy atom. The van der Waals surface area contributed by atoms with Crippen LogP contribution in [0.1, 0.15) is 24.2 Å². The molecule has 5 heteroatoms. The van der Waals surface area contributed by atoms with Gasteiger partial charge in [-0.15, -0.1) is 0 Å². The number of benzene rings is 1. The van der Waals surface area contributed by atoms with Crippen molar-refractivity contribution in [3.63, 3.8) is 0 Å². The van der Waals surface area contributed by atoms with E-state index in [1.165, 1.54) is 12.1 Å². The molecule has 0 aliphatic heterocycles. The molecule has 1 atom stereocenters. The van der Waals surface area contributed by atoms with E-state index in [1.54, 1.807) is 17.8 Å². The maximum atomic E-state index is 13.2. The van der Waals surface area contributed by atoms with Gasteiger partial charge in [0.05, 0.1) is 4.47 Å². The number of hydrogen-bond acceptors (Lipinski definition) is 2. The zero-order valence-corrected chi connectivity index (χ0v) is 12.2. The number of nitrogens with one attached hydrogen (secondary N) is 1. The first-order valence-corrected chi connectivity index (χ1v) is 7.33. The predicted molar refractivity (Wildman–Crippen MR) is 74.0 cm³/mol. The number of halogens is 2. The summed E-state index contributed by atoms with van der Waals surface area (Å²) in [7, 11) is 0. The van der Waals surface area contributed by atoms with Crippen LogP contribution in [0.5, 0.6) is 0 Å². The van der Waals surface area contributed by atoms with E-state index in [0.717, 1.165) is 11.5 Å². The van der Waals surface area contributed by atoms with Crippen molar-refractivity contribution >= 4 is 33.6 Å². The van der Waals surface area contributed by atoms with Crippen LogP contribution < -0.4 is 5.32 Å². The summed E-state index contributed by atoms with van der Waals surface area (Å²) in [5, 5.41) is 2.84. The van der Waals surface area contributed by atoms with Gasteiger partial charge in [-0.2, -0.15) is 11.8 Å². The molecule has 0 fully saturated rings. The summed E-state index contributed by atoms with van der Waals surface area (Å²) in [5.74, 6) is 1.22. The highest BCUT2D eigenvalue weighted by Gasteiger charge is 2.11. The first-order chi connectivity index (χ1) is 8.04. The van der Waals surface area contributed by atoms with Crippen molar-refractivity contribution < 1.29 is 9.18 Å². The summed E-state index contributed by atoms with van der Waals surface area (Å²) in [6, 6.07) is 4.45. The zero-order valence-electron chi connectivity index (χ0n) is 9.80. The highest BCUT2D eigenvalue weighted by Crippen LogP contribution is 2.16. The van der Waals surface area contributed by atoms with Crippen LogP contribution in [0.15, 0.2) is 22.7 Å². The lowest BCUT2D eigenvalue weighted by Gasteiger charge is -2.13. The number of carbonyl (C=O) groups excluding carboxylic acids is 1. The molecule has 17 heavy (non-hydrogen) atoms. The molecule has 0 saturated heterocycles. The van der Waals surface area contributed by atoms with Crippen molar-refractivity contribution in [2.24, 2.45) is 0 Å². The standard InChI is InChI=1S/C12H15BrFNOS/c1-3-17-7-8(2)15-12(16)9-4-5-10(13)11(14)6-9/h4-6,8H,3,7H2,1-2H3,(H,15,16). The fourth-order valence-corrected chi connectivity index (χ4v) is 2.20. The molecule has 1 aromatic carbocycles. The molecule has 1 amide bonds. The molecule has 1 rings (SSSR count). The van der Waals surface area contributed by atoms with Gasteiger partial charge in [-0.05, 0) is 46.8 Å². The van der Waals surface area contributed by atoms with Crippen LogP contribution in [0.25, 0.3) is 0 Å². The van der Waals surface area contributed by atoms with E-state index in [4.69, 9.17) is 0 Å². The Hall–Kier alpha value is -0.550. The number of carbonyl (C=O) groups is 1. The number of hydrogen-bond donors (Lipinski definition) is 1. The average molecular weight is 320 g/mol. The van der Waals surface area contributed by atoms with Gasteiger partial charge in [0.25, 0.3) is 5.91 Å². The minimum Gasteiger partial charge on any atom is -0.349 e. The fraction of sp³-hybridized carbons (Fsp3) is 0.417. The zero-order chi connectivity index (χ0) is 12.8. The van der Waals surface area contributed by atoms with Crippen molar-refractivity contribution in [2.75, 3.05) is 11.5 Å². The Morgan fingerprint density at radius 2 is 2.29 bits per heavy atom. The van der Waals surface area contributed by atoms with Crippen molar-refractivity contribution in [1.29, 1.82) is 0 Å². The summed E-state index contributed by atoms with van der Waals surface area (Å²) < 4.78 is 13.6. The van der Waals surface area contributed by atoms with Crippen LogP contribution >= 0.6 is 27.7 Å². The van der Waals surface area contributed by atoms with Crippen LogP contribution in [0.2, 0.25) is 0 Å². The van der Waals surface area contributed by atoms with Crippen LogP contribution in [0, 0.1) is 5.82 Å². The van der Waals surface area contributed by atoms with Gasteiger partial charge < -0.3 is 5.32 Å². The monoisotopic (exact) mass is 319 g/mol. The molecule has 0 saturated carbocycles. The van der Waals surface area contributed by atoms with Gasteiger partial charge in [-0.3, -0.25) is 4.79 Å². The maximum Gasteiger partial charge on any atom is 0.251 e. The third-order valence-electron chi connectivity index (χ3n) is 2.13. The summed E-state index contributed by atoms with van der Waals surface area (Å²) in [6.07, 6.45) is 0. The second-order valence-electron chi connectivity index (χ2n) is 3.66. The van der Waals surface area contributed by atoms with E-state index in [2.05, 4.69) is 28.2 Å². The third-order valence-corrected chi connectivity index (χ3v) is 3.92. The minimum absolute atomic E-state index is 0.0826. The molecule has 0 aromatic heterocycles. The van der Waals surface area contributed by atoms with Crippen molar-refractivity contribution in [1.82, 2.24) is 5.32 Å². The van der Waals surface area contributed by atoms with Gasteiger partial charge in [-0.1, -0.05) is 6.92 Å². The number of amides is 1. The molecule has 0 heterocycles. The van der Waals surface area contributed by atoms with Crippen molar-refractivity contribution in [3.8, 4) is 0 Å². The average Bonchev–Trinajstić information content (AvgIpc) is 2.30. The molecule has 1 unspecified atom stereocenters. The van der Waals surface area contributed by atoms with Gasteiger partial charge in [-0.25, -0.2) is 4.39 Å². The van der Waals surface area contributed by atoms with Gasteiger partial charge in [0.1, 0.15) is 5.82 Å². The van der Waals surface area contributed by atoms with E-state index in [1.807, 2.05) is 6.92 Å². The van der Waals surface area contributed by atoms with Crippen molar-refractivity contribution in [2.45, 2.75) is 19.9 Å². The Bertz CT molecular complexity index is 400. The molecule has 0 aliphatic carbocycles. The summed E-state index contributed by atoms with van der Waals surface area (Å²) in [4.78, 5) is 11.8. The predicted octanol–water partition coefficient (Wildman–Crippen LogP) is 3.46. The van der Waals surface area contributed by atoms with E-state index in [-0.39, 0.29) is 11.9 Å². The molecule has 0 aliphatic rings. The maximum absolute atomic E-state index is 13.2. The molecule has 0 radical (unpaired) electrons. The molecule has 94 valence electrons. The Labute approximate surface area is 113 Å². The Balaban J connectivity index is 2.60. The SMILES string of the molecule is CCSCC(C)NC(=O)c1ccc(Br)c(F)c1. The Kier molecular flexibility index (Phi) is 5.98. The normalized spacial score (nSPS) is 12.2. The lowest BCUT2D eigenvalue weighted by molar-refractivity contribution is 0.0943. The van der Waals surface area contributed by atoms with E-state index in [0.29, 0.717) is 10.0 Å². The lowest BCUT2D eigenvalue weighted by Crippen LogP contribution is -2.34. The molecule has 1 aromatic rings. The second-order valence-corrected chi connectivity index (χ2v) is 5.84. The Morgan fingerprint density at radius 1 is 1.59 bits per heavy atom. The molecule has 1 N–H and O–H groups in total. The molecular formula is C12H15BrFNOS. The van der Waals surface area contributed by atoms with Crippen LogP contribution in [-0.2, 0) is 0 Å². The van der Waals surface area contributed by atoms with Crippen molar-refractivity contribution in [3.05, 3.63) is 34.1 Å². The highest BCUT2D eigenvalue weighted by atomic mass is 79.9. The summed E-state index contributed by atoms with van der Waals surface area (Å²) in [6.45, 7) is 4.01. The van der Waals surface area contributed by atoms with Gasteiger partial charge >= 0.3 is 0 Å². The van der Waals surface area contributed by atoms with Crippen LogP contribution in [0.4, 0.5) is 4.39 Å². The summed E-state index contributed by atoms with van der Waals surface area (Å²) >= 11 is 4.82. The summed E-state index contributed by atoms with van der Waals surface area (Å²) in [5.41, 5.74) is 0.346. The topological polar surface area (TPSA) is 29.1 Å². The van der Waals surface area contributed by atoms with E-state index < -0.39 is 5.82 Å². The van der Waals surface area contributed by atoms with Gasteiger partial charge in [0.15, 0.2) is 0 Å². The first kappa shape index (κ1) is 14.5. The smallest absolute Gasteiger partial charge is 0.251 e. The fourth-order valence-electron chi connectivity index (χ4n) is 1.28. The molecule has 0 bridgehead atoms. The first-order valence-electron chi connectivity index (χ1n) is 5.38. The van der Waals surface area contributed by atoms with Crippen LogP contribution in [-0.4, -0.2) is 23.5 Å². The minimum atomic E-state index is -0.423. The second kappa shape index (κ2) is 7.01. The molecular weight excluding hydrogens is 305 g/mol. The third kappa shape index (κ3) is 4.68. The molecule has 0 spiro atoms. The number of thioether (sulfide) groups is 1. The van der Waals surface area contributed by atoms with Gasteiger partial charge in [0, 0.05) is 17.4 Å². The van der Waals surface area contributed by atoms with Gasteiger partial charge in [0.2, 0.25) is 0 Å². The van der Waals surface area contributed by atoms with Crippen LogP contribution in [0.3, 0.4) is 0 Å².